The van der Waals surface area contributed by atoms with E-state index in [0.717, 1.165) is 0 Å². The molecular formula is C14H13N3O4. The van der Waals surface area contributed by atoms with Crippen molar-refractivity contribution in [2.75, 3.05) is 19.9 Å². The van der Waals surface area contributed by atoms with Crippen molar-refractivity contribution in [3.05, 3.63) is 42.5 Å². The summed E-state index contributed by atoms with van der Waals surface area (Å²) in [5.74, 6) is 1.75. The fourth-order valence-corrected chi connectivity index (χ4v) is 1.81. The van der Waals surface area contributed by atoms with Gasteiger partial charge >= 0.3 is 0 Å². The van der Waals surface area contributed by atoms with Crippen molar-refractivity contribution in [1.29, 1.82) is 0 Å². The number of ether oxygens (including phenoxy) is 3. The van der Waals surface area contributed by atoms with Crippen LogP contribution in [0.25, 0.3) is 0 Å². The van der Waals surface area contributed by atoms with Crippen LogP contribution in [-0.4, -0.2) is 35.8 Å². The van der Waals surface area contributed by atoms with Gasteiger partial charge in [0.1, 0.15) is 18.1 Å². The zero-order chi connectivity index (χ0) is 14.5. The number of aromatic nitrogens is 2. The van der Waals surface area contributed by atoms with Crippen LogP contribution >= 0.6 is 0 Å². The lowest BCUT2D eigenvalue weighted by Crippen LogP contribution is -2.28. The molecule has 21 heavy (non-hydrogen) atoms. The molecule has 3 rings (SSSR count). The Hall–Kier alpha value is -2.83. The molecule has 7 heteroatoms. The van der Waals surface area contributed by atoms with Gasteiger partial charge in [-0.05, 0) is 12.1 Å². The van der Waals surface area contributed by atoms with Crippen LogP contribution in [0.5, 0.6) is 17.2 Å². The number of nitrogens with one attached hydrogen (secondary N) is 1. The molecule has 0 bridgehead atoms. The number of amides is 1. The number of hydrogen-bond donors (Lipinski definition) is 1. The van der Waals surface area contributed by atoms with E-state index in [1.54, 1.807) is 18.2 Å². The second-order valence-electron chi connectivity index (χ2n) is 4.21. The van der Waals surface area contributed by atoms with Crippen LogP contribution in [0.3, 0.4) is 0 Å². The average Bonchev–Trinajstić information content (AvgIpc) is 3.00. The number of benzene rings is 1. The molecule has 1 amide bonds. The minimum absolute atomic E-state index is 0.229. The van der Waals surface area contributed by atoms with Crippen LogP contribution in [0.1, 0.15) is 10.5 Å². The first-order valence-corrected chi connectivity index (χ1v) is 6.39. The molecule has 1 aromatic heterocycles. The number of carbonyl (C=O) groups is 1. The summed E-state index contributed by atoms with van der Waals surface area (Å²) in [6, 6.07) is 5.33. The third kappa shape index (κ3) is 3.19. The molecule has 2 aromatic rings. The molecule has 1 aliphatic heterocycles. The zero-order valence-electron chi connectivity index (χ0n) is 11.1. The third-order valence-corrected chi connectivity index (χ3v) is 2.80. The van der Waals surface area contributed by atoms with Crippen LogP contribution < -0.4 is 19.5 Å². The summed E-state index contributed by atoms with van der Waals surface area (Å²) in [7, 11) is 0. The predicted molar refractivity (Wildman–Crippen MR) is 72.4 cm³/mol. The fraction of sp³-hybridized carbons (Fsp3) is 0.214. The van der Waals surface area contributed by atoms with E-state index >= 15 is 0 Å². The van der Waals surface area contributed by atoms with Gasteiger partial charge in [-0.15, -0.1) is 0 Å². The molecule has 1 aliphatic rings. The van der Waals surface area contributed by atoms with E-state index in [-0.39, 0.29) is 18.4 Å². The van der Waals surface area contributed by atoms with Gasteiger partial charge in [0.2, 0.25) is 6.79 Å². The monoisotopic (exact) mass is 287 g/mol. The molecule has 0 spiro atoms. The van der Waals surface area contributed by atoms with E-state index in [2.05, 4.69) is 15.3 Å². The van der Waals surface area contributed by atoms with Crippen LogP contribution in [0.2, 0.25) is 0 Å². The Morgan fingerprint density at radius 1 is 1.29 bits per heavy atom. The van der Waals surface area contributed by atoms with E-state index in [4.69, 9.17) is 14.2 Å². The summed E-state index contributed by atoms with van der Waals surface area (Å²) in [5.41, 5.74) is 0.278. The lowest BCUT2D eigenvalue weighted by molar-refractivity contribution is 0.0941. The Morgan fingerprint density at radius 3 is 3.05 bits per heavy atom. The third-order valence-electron chi connectivity index (χ3n) is 2.80. The van der Waals surface area contributed by atoms with Crippen molar-refractivity contribution >= 4 is 5.91 Å². The first-order valence-electron chi connectivity index (χ1n) is 6.39. The molecule has 0 atom stereocenters. The molecule has 0 unspecified atom stereocenters. The summed E-state index contributed by atoms with van der Waals surface area (Å²) in [6.45, 7) is 0.933. The van der Waals surface area contributed by atoms with Crippen LogP contribution in [0, 0.1) is 0 Å². The Morgan fingerprint density at radius 2 is 2.19 bits per heavy atom. The van der Waals surface area contributed by atoms with Gasteiger partial charge in [0.15, 0.2) is 11.5 Å². The molecule has 0 saturated carbocycles. The minimum atomic E-state index is -0.280. The normalized spacial score (nSPS) is 12.0. The highest BCUT2D eigenvalue weighted by Gasteiger charge is 2.13. The van der Waals surface area contributed by atoms with E-state index in [0.29, 0.717) is 30.4 Å². The molecular weight excluding hydrogens is 274 g/mol. The quantitative estimate of drug-likeness (QED) is 0.827. The summed E-state index contributed by atoms with van der Waals surface area (Å²) < 4.78 is 16.0. The number of rotatable bonds is 5. The largest absolute Gasteiger partial charge is 0.492 e. The lowest BCUT2D eigenvalue weighted by Gasteiger charge is -2.08. The van der Waals surface area contributed by atoms with Gasteiger partial charge < -0.3 is 19.5 Å². The smallest absolute Gasteiger partial charge is 0.271 e. The SMILES string of the molecule is O=C(NCCOc1ccc2c(c1)OCO2)c1cnccn1. The van der Waals surface area contributed by atoms with Crippen LogP contribution in [0.4, 0.5) is 0 Å². The van der Waals surface area contributed by atoms with Gasteiger partial charge in [-0.3, -0.25) is 9.78 Å². The van der Waals surface area contributed by atoms with Crippen molar-refractivity contribution in [3.8, 4) is 17.2 Å². The molecule has 0 radical (unpaired) electrons. The second kappa shape index (κ2) is 6.08. The summed E-state index contributed by atoms with van der Waals surface area (Å²) in [5, 5.41) is 2.70. The minimum Gasteiger partial charge on any atom is -0.492 e. The first kappa shape index (κ1) is 13.2. The van der Waals surface area contributed by atoms with Gasteiger partial charge in [0.05, 0.1) is 12.7 Å². The molecule has 1 aromatic carbocycles. The summed E-state index contributed by atoms with van der Waals surface area (Å²) in [6.07, 6.45) is 4.39. The van der Waals surface area contributed by atoms with E-state index < -0.39 is 0 Å². The van der Waals surface area contributed by atoms with Crippen molar-refractivity contribution in [3.63, 3.8) is 0 Å². The number of carbonyl (C=O) groups excluding carboxylic acids is 1. The number of fused-ring (bicyclic) bond motifs is 1. The second-order valence-corrected chi connectivity index (χ2v) is 4.21. The van der Waals surface area contributed by atoms with Gasteiger partial charge in [-0.1, -0.05) is 0 Å². The molecule has 7 nitrogen and oxygen atoms in total. The Balaban J connectivity index is 1.45. The maximum atomic E-state index is 11.7. The van der Waals surface area contributed by atoms with E-state index in [9.17, 15) is 4.79 Å². The topological polar surface area (TPSA) is 82.6 Å². The summed E-state index contributed by atoms with van der Waals surface area (Å²) >= 11 is 0. The molecule has 108 valence electrons. The molecule has 1 N–H and O–H groups in total. The highest BCUT2D eigenvalue weighted by Crippen LogP contribution is 2.34. The van der Waals surface area contributed by atoms with Crippen molar-refractivity contribution in [1.82, 2.24) is 15.3 Å². The van der Waals surface area contributed by atoms with Gasteiger partial charge in [0.25, 0.3) is 5.91 Å². The zero-order valence-corrected chi connectivity index (χ0v) is 11.1. The molecule has 2 heterocycles. The van der Waals surface area contributed by atoms with Crippen molar-refractivity contribution in [2.24, 2.45) is 0 Å². The van der Waals surface area contributed by atoms with Gasteiger partial charge in [-0.25, -0.2) is 4.98 Å². The van der Waals surface area contributed by atoms with E-state index in [1.807, 2.05) is 0 Å². The summed E-state index contributed by atoms with van der Waals surface area (Å²) in [4.78, 5) is 19.4. The Labute approximate surface area is 120 Å². The first-order chi connectivity index (χ1) is 10.3. The Bertz CT molecular complexity index is 633. The fourth-order valence-electron chi connectivity index (χ4n) is 1.81. The maximum Gasteiger partial charge on any atom is 0.271 e. The Kier molecular flexibility index (Phi) is 3.81. The standard InChI is InChI=1S/C14H13N3O4/c18-14(11-8-15-3-4-16-11)17-5-6-19-10-1-2-12-13(7-10)21-9-20-12/h1-4,7-8H,5-6,9H2,(H,17,18). The lowest BCUT2D eigenvalue weighted by atomic mass is 10.3. The van der Waals surface area contributed by atoms with Crippen molar-refractivity contribution < 1.29 is 19.0 Å². The van der Waals surface area contributed by atoms with Gasteiger partial charge in [-0.2, -0.15) is 0 Å². The van der Waals surface area contributed by atoms with Crippen LogP contribution in [-0.2, 0) is 0 Å². The average molecular weight is 287 g/mol. The number of hydrogen-bond acceptors (Lipinski definition) is 6. The molecule has 0 aliphatic carbocycles. The van der Waals surface area contributed by atoms with Gasteiger partial charge in [0, 0.05) is 18.5 Å². The molecule has 0 fully saturated rings. The predicted octanol–water partition coefficient (Wildman–Crippen LogP) is 1.01. The van der Waals surface area contributed by atoms with E-state index in [1.165, 1.54) is 18.6 Å². The molecule has 0 saturated heterocycles. The highest BCUT2D eigenvalue weighted by atomic mass is 16.7. The maximum absolute atomic E-state index is 11.7. The van der Waals surface area contributed by atoms with Crippen molar-refractivity contribution in [2.45, 2.75) is 0 Å². The highest BCUT2D eigenvalue weighted by molar-refractivity contribution is 5.91. The number of nitrogens with zero attached hydrogens (tertiary/aromatic N) is 2. The van der Waals surface area contributed by atoms with Crippen LogP contribution in [0.15, 0.2) is 36.8 Å².